The SMILES string of the molecule is CO[C@@]1(C)C[C@@H](NC(=O)c2ccccc2I)C1(C)C. The Morgan fingerprint density at radius 1 is 1.37 bits per heavy atom. The van der Waals surface area contributed by atoms with Crippen molar-refractivity contribution in [2.45, 2.75) is 38.8 Å². The van der Waals surface area contributed by atoms with Crippen molar-refractivity contribution in [1.29, 1.82) is 0 Å². The Balaban J connectivity index is 2.09. The molecule has 1 aromatic rings. The van der Waals surface area contributed by atoms with Crippen molar-refractivity contribution >= 4 is 28.5 Å². The van der Waals surface area contributed by atoms with Gasteiger partial charge in [-0.25, -0.2) is 0 Å². The van der Waals surface area contributed by atoms with Crippen LogP contribution in [0.15, 0.2) is 24.3 Å². The summed E-state index contributed by atoms with van der Waals surface area (Å²) < 4.78 is 6.55. The van der Waals surface area contributed by atoms with E-state index >= 15 is 0 Å². The molecule has 0 aromatic heterocycles. The van der Waals surface area contributed by atoms with Crippen molar-refractivity contribution in [1.82, 2.24) is 5.32 Å². The van der Waals surface area contributed by atoms with Gasteiger partial charge in [0.25, 0.3) is 5.91 Å². The molecule has 1 fully saturated rings. The lowest BCUT2D eigenvalue weighted by Crippen LogP contribution is -2.68. The third-order valence-corrected chi connectivity index (χ3v) is 5.64. The van der Waals surface area contributed by atoms with E-state index < -0.39 is 0 Å². The van der Waals surface area contributed by atoms with Gasteiger partial charge in [0.15, 0.2) is 0 Å². The predicted molar refractivity (Wildman–Crippen MR) is 84.2 cm³/mol. The Bertz CT molecular complexity index is 501. The van der Waals surface area contributed by atoms with E-state index in [1.807, 2.05) is 24.3 Å². The molecule has 1 N–H and O–H groups in total. The van der Waals surface area contributed by atoms with Crippen molar-refractivity contribution < 1.29 is 9.53 Å². The average molecular weight is 373 g/mol. The first kappa shape index (κ1) is 14.8. The van der Waals surface area contributed by atoms with E-state index in [1.165, 1.54) is 0 Å². The maximum atomic E-state index is 12.3. The molecule has 2 rings (SSSR count). The summed E-state index contributed by atoms with van der Waals surface area (Å²) in [4.78, 5) is 12.3. The number of carbonyl (C=O) groups is 1. The quantitative estimate of drug-likeness (QED) is 0.827. The molecule has 1 aromatic carbocycles. The van der Waals surface area contributed by atoms with Crippen molar-refractivity contribution in [3.8, 4) is 0 Å². The molecule has 0 aliphatic heterocycles. The molecule has 1 amide bonds. The highest BCUT2D eigenvalue weighted by molar-refractivity contribution is 14.1. The topological polar surface area (TPSA) is 38.3 Å². The van der Waals surface area contributed by atoms with Gasteiger partial charge in [0.1, 0.15) is 0 Å². The summed E-state index contributed by atoms with van der Waals surface area (Å²) in [6.45, 7) is 6.38. The standard InChI is InChI=1S/C15H20INO2/c1-14(2)12(9-15(14,3)19-4)17-13(18)10-7-5-6-8-11(10)16/h5-8,12H,9H2,1-4H3,(H,17,18)/t12-,15+/m1/s1. The first-order chi connectivity index (χ1) is 8.82. The molecule has 104 valence electrons. The highest BCUT2D eigenvalue weighted by Gasteiger charge is 2.58. The Morgan fingerprint density at radius 3 is 2.53 bits per heavy atom. The van der Waals surface area contributed by atoms with Crippen molar-refractivity contribution in [2.24, 2.45) is 5.41 Å². The minimum Gasteiger partial charge on any atom is -0.378 e. The molecular weight excluding hydrogens is 353 g/mol. The minimum absolute atomic E-state index is 0.00114. The fraction of sp³-hybridized carbons (Fsp3) is 0.533. The molecule has 1 aliphatic carbocycles. The van der Waals surface area contributed by atoms with Gasteiger partial charge in [-0.3, -0.25) is 4.79 Å². The lowest BCUT2D eigenvalue weighted by atomic mass is 9.56. The first-order valence-corrected chi connectivity index (χ1v) is 7.50. The van der Waals surface area contributed by atoms with Gasteiger partial charge in [0.05, 0.1) is 11.2 Å². The van der Waals surface area contributed by atoms with E-state index in [0.717, 1.165) is 15.6 Å². The lowest BCUT2D eigenvalue weighted by molar-refractivity contribution is -0.177. The van der Waals surface area contributed by atoms with Gasteiger partial charge >= 0.3 is 0 Å². The second-order valence-electron chi connectivity index (χ2n) is 5.87. The summed E-state index contributed by atoms with van der Waals surface area (Å²) in [6.07, 6.45) is 0.853. The summed E-state index contributed by atoms with van der Waals surface area (Å²) in [6, 6.07) is 7.79. The Labute approximate surface area is 128 Å². The summed E-state index contributed by atoms with van der Waals surface area (Å²) in [7, 11) is 1.74. The van der Waals surface area contributed by atoms with Crippen LogP contribution in [0.1, 0.15) is 37.6 Å². The summed E-state index contributed by atoms with van der Waals surface area (Å²) in [5, 5.41) is 3.13. The number of nitrogens with one attached hydrogen (secondary N) is 1. The molecule has 19 heavy (non-hydrogen) atoms. The number of benzene rings is 1. The molecule has 1 saturated carbocycles. The van der Waals surface area contributed by atoms with Gasteiger partial charge in [0.2, 0.25) is 0 Å². The Morgan fingerprint density at radius 2 is 2.00 bits per heavy atom. The summed E-state index contributed by atoms with van der Waals surface area (Å²) in [5.74, 6) is 0.00114. The second kappa shape index (κ2) is 5.05. The van der Waals surface area contributed by atoms with Crippen LogP contribution in [0.4, 0.5) is 0 Å². The van der Waals surface area contributed by atoms with E-state index in [4.69, 9.17) is 4.74 Å². The van der Waals surface area contributed by atoms with E-state index in [1.54, 1.807) is 7.11 Å². The third-order valence-electron chi connectivity index (χ3n) is 4.70. The summed E-state index contributed by atoms with van der Waals surface area (Å²) >= 11 is 2.19. The molecule has 4 heteroatoms. The number of carbonyl (C=O) groups excluding carboxylic acids is 1. The predicted octanol–water partition coefficient (Wildman–Crippen LogP) is 3.22. The van der Waals surface area contributed by atoms with E-state index in [-0.39, 0.29) is 23.0 Å². The highest BCUT2D eigenvalue weighted by atomic mass is 127. The number of methoxy groups -OCH3 is 1. The van der Waals surface area contributed by atoms with Gasteiger partial charge in [-0.1, -0.05) is 26.0 Å². The number of hydrogen-bond donors (Lipinski definition) is 1. The van der Waals surface area contributed by atoms with Gasteiger partial charge < -0.3 is 10.1 Å². The van der Waals surface area contributed by atoms with Crippen LogP contribution in [0.3, 0.4) is 0 Å². The average Bonchev–Trinajstić information content (AvgIpc) is 2.38. The zero-order valence-corrected chi connectivity index (χ0v) is 13.9. The number of rotatable bonds is 3. The van der Waals surface area contributed by atoms with Crippen LogP contribution >= 0.6 is 22.6 Å². The Kier molecular flexibility index (Phi) is 3.93. The first-order valence-electron chi connectivity index (χ1n) is 6.42. The van der Waals surface area contributed by atoms with Crippen LogP contribution in [0, 0.1) is 8.99 Å². The largest absolute Gasteiger partial charge is 0.378 e. The zero-order valence-electron chi connectivity index (χ0n) is 11.8. The fourth-order valence-electron chi connectivity index (χ4n) is 2.60. The van der Waals surface area contributed by atoms with Crippen molar-refractivity contribution in [3.63, 3.8) is 0 Å². The third kappa shape index (κ3) is 2.40. The monoisotopic (exact) mass is 373 g/mol. The maximum absolute atomic E-state index is 12.3. The van der Waals surface area contributed by atoms with Crippen molar-refractivity contribution in [2.75, 3.05) is 7.11 Å². The number of ether oxygens (including phenoxy) is 1. The van der Waals surface area contributed by atoms with E-state index in [9.17, 15) is 4.79 Å². The number of halogens is 1. The fourth-order valence-corrected chi connectivity index (χ4v) is 3.24. The minimum atomic E-state index is -0.158. The maximum Gasteiger partial charge on any atom is 0.252 e. The molecule has 0 spiro atoms. The number of amides is 1. The van der Waals surface area contributed by atoms with Crippen LogP contribution < -0.4 is 5.32 Å². The van der Waals surface area contributed by atoms with Gasteiger partial charge in [-0.05, 0) is 48.1 Å². The lowest BCUT2D eigenvalue weighted by Gasteiger charge is -2.59. The van der Waals surface area contributed by atoms with Crippen LogP contribution in [-0.2, 0) is 4.74 Å². The highest BCUT2D eigenvalue weighted by Crippen LogP contribution is 2.51. The smallest absolute Gasteiger partial charge is 0.252 e. The van der Waals surface area contributed by atoms with Gasteiger partial charge in [0, 0.05) is 22.1 Å². The molecule has 0 heterocycles. The van der Waals surface area contributed by atoms with Crippen LogP contribution in [-0.4, -0.2) is 24.7 Å². The van der Waals surface area contributed by atoms with Crippen molar-refractivity contribution in [3.05, 3.63) is 33.4 Å². The van der Waals surface area contributed by atoms with Gasteiger partial charge in [-0.2, -0.15) is 0 Å². The molecule has 3 nitrogen and oxygen atoms in total. The molecular formula is C15H20INO2. The number of hydrogen-bond acceptors (Lipinski definition) is 2. The Hall–Kier alpha value is -0.620. The zero-order chi connectivity index (χ0) is 14.3. The van der Waals surface area contributed by atoms with Crippen LogP contribution in [0.5, 0.6) is 0 Å². The second-order valence-corrected chi connectivity index (χ2v) is 7.03. The van der Waals surface area contributed by atoms with Gasteiger partial charge in [-0.15, -0.1) is 0 Å². The molecule has 0 saturated heterocycles. The molecule has 0 unspecified atom stereocenters. The normalized spacial score (nSPS) is 28.6. The molecule has 0 radical (unpaired) electrons. The summed E-state index contributed by atoms with van der Waals surface area (Å²) in [5.41, 5.74) is 0.525. The molecule has 0 bridgehead atoms. The van der Waals surface area contributed by atoms with Crippen LogP contribution in [0.25, 0.3) is 0 Å². The molecule has 1 aliphatic rings. The van der Waals surface area contributed by atoms with E-state index in [0.29, 0.717) is 0 Å². The molecule has 2 atom stereocenters. The van der Waals surface area contributed by atoms with E-state index in [2.05, 4.69) is 48.7 Å². The van der Waals surface area contributed by atoms with Crippen LogP contribution in [0.2, 0.25) is 0 Å².